The van der Waals surface area contributed by atoms with Crippen molar-refractivity contribution in [3.05, 3.63) is 35.4 Å². The summed E-state index contributed by atoms with van der Waals surface area (Å²) in [6, 6.07) is 8.91. The van der Waals surface area contributed by atoms with Crippen LogP contribution in [0.25, 0.3) is 0 Å². The number of nitrogens with one attached hydrogen (secondary N) is 1. The molecule has 0 spiro atoms. The van der Waals surface area contributed by atoms with Gasteiger partial charge in [-0.2, -0.15) is 11.8 Å². The summed E-state index contributed by atoms with van der Waals surface area (Å²) < 4.78 is 0. The van der Waals surface area contributed by atoms with Gasteiger partial charge in [0.2, 0.25) is 0 Å². The van der Waals surface area contributed by atoms with E-state index in [1.807, 2.05) is 0 Å². The monoisotopic (exact) mass is 264 g/mol. The van der Waals surface area contributed by atoms with Crippen molar-refractivity contribution in [2.75, 3.05) is 37.7 Å². The molecule has 3 heteroatoms. The van der Waals surface area contributed by atoms with Crippen LogP contribution in [0.1, 0.15) is 18.1 Å². The van der Waals surface area contributed by atoms with Crippen molar-refractivity contribution in [3.8, 4) is 0 Å². The van der Waals surface area contributed by atoms with Gasteiger partial charge >= 0.3 is 0 Å². The Bertz CT molecular complexity index is 348. The molecule has 2 rings (SSSR count). The lowest BCUT2D eigenvalue weighted by molar-refractivity contribution is 0.293. The first kappa shape index (κ1) is 13.9. The molecule has 1 aromatic carbocycles. The molecule has 1 heterocycles. The van der Waals surface area contributed by atoms with Crippen molar-refractivity contribution in [3.63, 3.8) is 0 Å². The van der Waals surface area contributed by atoms with Crippen molar-refractivity contribution in [2.24, 2.45) is 0 Å². The van der Waals surface area contributed by atoms with E-state index in [9.17, 15) is 0 Å². The summed E-state index contributed by atoms with van der Waals surface area (Å²) in [5.41, 5.74) is 3.03. The van der Waals surface area contributed by atoms with E-state index in [0.717, 1.165) is 26.1 Å². The summed E-state index contributed by atoms with van der Waals surface area (Å²) >= 11 is 2.08. The van der Waals surface area contributed by atoms with Crippen LogP contribution < -0.4 is 5.32 Å². The van der Waals surface area contributed by atoms with Crippen LogP contribution >= 0.6 is 11.8 Å². The Hall–Kier alpha value is -0.510. The molecule has 0 aliphatic carbocycles. The lowest BCUT2D eigenvalue weighted by Gasteiger charge is -2.27. The zero-order valence-electron chi connectivity index (χ0n) is 11.3. The van der Waals surface area contributed by atoms with E-state index in [2.05, 4.69) is 53.2 Å². The van der Waals surface area contributed by atoms with E-state index in [4.69, 9.17) is 0 Å². The fourth-order valence-corrected chi connectivity index (χ4v) is 3.33. The molecule has 0 aromatic heterocycles. The van der Waals surface area contributed by atoms with E-state index in [1.165, 1.54) is 35.7 Å². The Kier molecular flexibility index (Phi) is 6.05. The highest BCUT2D eigenvalue weighted by Gasteiger charge is 2.12. The molecule has 0 saturated carbocycles. The second-order valence-corrected chi connectivity index (χ2v) is 5.99. The maximum Gasteiger partial charge on any atom is 0.0237 e. The molecule has 0 radical (unpaired) electrons. The normalized spacial score (nSPS) is 16.9. The molecule has 1 aliphatic rings. The van der Waals surface area contributed by atoms with E-state index in [1.54, 1.807) is 0 Å². The number of thioether (sulfide) groups is 1. The van der Waals surface area contributed by atoms with Crippen LogP contribution in [0.3, 0.4) is 0 Å². The Labute approximate surface area is 115 Å². The highest BCUT2D eigenvalue weighted by Crippen LogP contribution is 2.16. The number of benzene rings is 1. The molecule has 0 bridgehead atoms. The van der Waals surface area contributed by atoms with Crippen LogP contribution in [-0.2, 0) is 13.0 Å². The molecule has 100 valence electrons. The van der Waals surface area contributed by atoms with Gasteiger partial charge in [0.15, 0.2) is 0 Å². The van der Waals surface area contributed by atoms with E-state index >= 15 is 0 Å². The van der Waals surface area contributed by atoms with Crippen LogP contribution in [0.15, 0.2) is 24.3 Å². The molecule has 0 unspecified atom stereocenters. The number of hydrogen-bond donors (Lipinski definition) is 1. The summed E-state index contributed by atoms with van der Waals surface area (Å²) in [6.45, 7) is 7.92. The Balaban J connectivity index is 1.93. The third-order valence-electron chi connectivity index (χ3n) is 3.44. The van der Waals surface area contributed by atoms with Gasteiger partial charge in [0.1, 0.15) is 0 Å². The molecular weight excluding hydrogens is 240 g/mol. The largest absolute Gasteiger partial charge is 0.317 e. The topological polar surface area (TPSA) is 15.3 Å². The Morgan fingerprint density at radius 1 is 1.17 bits per heavy atom. The molecule has 1 fully saturated rings. The first-order valence-electron chi connectivity index (χ1n) is 6.97. The molecule has 1 N–H and O–H groups in total. The molecule has 2 nitrogen and oxygen atoms in total. The van der Waals surface area contributed by atoms with Gasteiger partial charge in [-0.15, -0.1) is 0 Å². The molecule has 18 heavy (non-hydrogen) atoms. The smallest absolute Gasteiger partial charge is 0.0237 e. The minimum Gasteiger partial charge on any atom is -0.317 e. The quantitative estimate of drug-likeness (QED) is 0.794. The second kappa shape index (κ2) is 7.82. The lowest BCUT2D eigenvalue weighted by Crippen LogP contribution is -2.32. The van der Waals surface area contributed by atoms with Gasteiger partial charge in [-0.05, 0) is 30.6 Å². The van der Waals surface area contributed by atoms with E-state index in [0.29, 0.717) is 0 Å². The van der Waals surface area contributed by atoms with Crippen LogP contribution in [0.5, 0.6) is 0 Å². The summed E-state index contributed by atoms with van der Waals surface area (Å²) in [5, 5.41) is 3.41. The number of rotatable bonds is 6. The van der Waals surface area contributed by atoms with Gasteiger partial charge in [-0.1, -0.05) is 31.2 Å². The maximum atomic E-state index is 3.41. The third-order valence-corrected chi connectivity index (χ3v) is 4.38. The average Bonchev–Trinajstić information content (AvgIpc) is 2.42. The van der Waals surface area contributed by atoms with Crippen molar-refractivity contribution in [1.29, 1.82) is 0 Å². The molecular formula is C15H24N2S. The van der Waals surface area contributed by atoms with Crippen molar-refractivity contribution in [2.45, 2.75) is 19.9 Å². The van der Waals surface area contributed by atoms with Crippen molar-refractivity contribution >= 4 is 11.8 Å². The summed E-state index contributed by atoms with van der Waals surface area (Å²) in [6.07, 6.45) is 1.15. The minimum absolute atomic E-state index is 1.06. The summed E-state index contributed by atoms with van der Waals surface area (Å²) in [5.74, 6) is 2.58. The third kappa shape index (κ3) is 4.30. The first-order chi connectivity index (χ1) is 8.90. The number of hydrogen-bond acceptors (Lipinski definition) is 3. The number of likely N-dealkylation sites (N-methyl/N-ethyl adjacent to an activating group) is 1. The SMILES string of the molecule is CCNCCc1ccccc1CN1CCSCC1. The average molecular weight is 264 g/mol. The minimum atomic E-state index is 1.06. The predicted octanol–water partition coefficient (Wildman–Crippen LogP) is 2.39. The van der Waals surface area contributed by atoms with Gasteiger partial charge in [0, 0.05) is 31.1 Å². The zero-order valence-corrected chi connectivity index (χ0v) is 12.1. The van der Waals surface area contributed by atoms with Crippen LogP contribution in [0.2, 0.25) is 0 Å². The lowest BCUT2D eigenvalue weighted by atomic mass is 10.0. The van der Waals surface area contributed by atoms with Gasteiger partial charge in [-0.3, -0.25) is 4.90 Å². The van der Waals surface area contributed by atoms with Crippen LogP contribution in [0, 0.1) is 0 Å². The summed E-state index contributed by atoms with van der Waals surface area (Å²) in [7, 11) is 0. The maximum absolute atomic E-state index is 3.41. The zero-order chi connectivity index (χ0) is 12.6. The van der Waals surface area contributed by atoms with E-state index < -0.39 is 0 Å². The molecule has 1 aromatic rings. The standard InChI is InChI=1S/C15H24N2S/c1-2-16-8-7-14-5-3-4-6-15(14)13-17-9-11-18-12-10-17/h3-6,16H,2,7-13H2,1H3. The summed E-state index contributed by atoms with van der Waals surface area (Å²) in [4.78, 5) is 2.59. The van der Waals surface area contributed by atoms with Crippen molar-refractivity contribution < 1.29 is 0 Å². The van der Waals surface area contributed by atoms with E-state index in [-0.39, 0.29) is 0 Å². The fraction of sp³-hybridized carbons (Fsp3) is 0.600. The highest BCUT2D eigenvalue weighted by atomic mass is 32.2. The van der Waals surface area contributed by atoms with Gasteiger partial charge < -0.3 is 5.32 Å². The molecule has 1 aliphatic heterocycles. The van der Waals surface area contributed by atoms with Gasteiger partial charge in [0.05, 0.1) is 0 Å². The highest BCUT2D eigenvalue weighted by molar-refractivity contribution is 7.99. The predicted molar refractivity (Wildman–Crippen MR) is 81.3 cm³/mol. The fourth-order valence-electron chi connectivity index (χ4n) is 2.36. The second-order valence-electron chi connectivity index (χ2n) is 4.76. The number of nitrogens with zero attached hydrogens (tertiary/aromatic N) is 1. The first-order valence-corrected chi connectivity index (χ1v) is 8.13. The Morgan fingerprint density at radius 2 is 1.89 bits per heavy atom. The van der Waals surface area contributed by atoms with Crippen molar-refractivity contribution in [1.82, 2.24) is 10.2 Å². The van der Waals surface area contributed by atoms with Crippen LogP contribution in [-0.4, -0.2) is 42.6 Å². The van der Waals surface area contributed by atoms with Crippen LogP contribution in [0.4, 0.5) is 0 Å². The van der Waals surface area contributed by atoms with Gasteiger partial charge in [-0.25, -0.2) is 0 Å². The van der Waals surface area contributed by atoms with Gasteiger partial charge in [0.25, 0.3) is 0 Å². The Morgan fingerprint density at radius 3 is 2.61 bits per heavy atom. The molecule has 0 amide bonds. The molecule has 0 atom stereocenters. The molecule has 1 saturated heterocycles.